The van der Waals surface area contributed by atoms with Crippen LogP contribution in [0.5, 0.6) is 0 Å². The Balaban J connectivity index is 1.75. The number of nitrogens with two attached hydrogens (primary N) is 1. The van der Waals surface area contributed by atoms with Crippen LogP contribution in [0.1, 0.15) is 5.69 Å². The molecule has 0 unspecified atom stereocenters. The monoisotopic (exact) mass is 244 g/mol. The highest BCUT2D eigenvalue weighted by Gasteiger charge is 2.07. The van der Waals surface area contributed by atoms with Crippen molar-refractivity contribution in [2.75, 3.05) is 17.6 Å². The second-order valence-electron chi connectivity index (χ2n) is 3.79. The molecule has 3 aromatic heterocycles. The summed E-state index contributed by atoms with van der Waals surface area (Å²) in [5.41, 5.74) is 8.00. The molecule has 8 nitrogen and oxygen atoms in total. The van der Waals surface area contributed by atoms with E-state index < -0.39 is 0 Å². The van der Waals surface area contributed by atoms with Crippen molar-refractivity contribution < 1.29 is 0 Å². The molecule has 0 fully saturated rings. The zero-order valence-corrected chi connectivity index (χ0v) is 9.51. The van der Waals surface area contributed by atoms with Crippen LogP contribution < -0.4 is 11.1 Å². The highest BCUT2D eigenvalue weighted by molar-refractivity contribution is 5.83. The molecule has 0 atom stereocenters. The van der Waals surface area contributed by atoms with Gasteiger partial charge in [0.25, 0.3) is 0 Å². The van der Waals surface area contributed by atoms with Gasteiger partial charge < -0.3 is 21.0 Å². The third-order valence-electron chi connectivity index (χ3n) is 2.54. The molecule has 3 heterocycles. The Kier molecular flexibility index (Phi) is 2.52. The summed E-state index contributed by atoms with van der Waals surface area (Å²) in [4.78, 5) is 22.2. The lowest BCUT2D eigenvalue weighted by atomic mass is 10.3. The van der Waals surface area contributed by atoms with Gasteiger partial charge in [0.2, 0.25) is 5.95 Å². The Bertz CT molecular complexity index is 641. The van der Waals surface area contributed by atoms with Gasteiger partial charge in [-0.1, -0.05) is 0 Å². The second kappa shape index (κ2) is 4.32. The molecule has 0 bridgehead atoms. The number of anilines is 2. The molecule has 0 radical (unpaired) electrons. The summed E-state index contributed by atoms with van der Waals surface area (Å²) in [7, 11) is 0. The molecule has 18 heavy (non-hydrogen) atoms. The first-order chi connectivity index (χ1) is 8.83. The van der Waals surface area contributed by atoms with Crippen LogP contribution in [0.15, 0.2) is 18.9 Å². The van der Waals surface area contributed by atoms with Crippen LogP contribution >= 0.6 is 0 Å². The van der Waals surface area contributed by atoms with Gasteiger partial charge in [0.05, 0.1) is 12.7 Å². The van der Waals surface area contributed by atoms with Crippen LogP contribution in [0.25, 0.3) is 11.2 Å². The van der Waals surface area contributed by atoms with Crippen molar-refractivity contribution >= 4 is 22.9 Å². The Hall–Kier alpha value is -2.64. The topological polar surface area (TPSA) is 121 Å². The van der Waals surface area contributed by atoms with E-state index in [1.54, 1.807) is 18.9 Å². The van der Waals surface area contributed by atoms with Crippen LogP contribution in [-0.2, 0) is 6.42 Å². The van der Waals surface area contributed by atoms with Gasteiger partial charge >= 0.3 is 0 Å². The molecule has 3 aromatic rings. The van der Waals surface area contributed by atoms with Gasteiger partial charge in [-0.3, -0.25) is 0 Å². The number of fused-ring (bicyclic) bond motifs is 1. The van der Waals surface area contributed by atoms with E-state index >= 15 is 0 Å². The Morgan fingerprint density at radius 2 is 2.17 bits per heavy atom. The molecule has 0 saturated carbocycles. The van der Waals surface area contributed by atoms with Crippen LogP contribution in [0.4, 0.5) is 11.8 Å². The van der Waals surface area contributed by atoms with E-state index in [1.165, 1.54) is 0 Å². The van der Waals surface area contributed by atoms with E-state index in [0.29, 0.717) is 18.0 Å². The lowest BCUT2D eigenvalue weighted by Gasteiger charge is -2.05. The average Bonchev–Trinajstić information content (AvgIpc) is 2.98. The first kappa shape index (κ1) is 10.5. The molecule has 0 aromatic carbocycles. The normalized spacial score (nSPS) is 10.9. The summed E-state index contributed by atoms with van der Waals surface area (Å²) < 4.78 is 0. The summed E-state index contributed by atoms with van der Waals surface area (Å²) in [6.45, 7) is 0.715. The minimum Gasteiger partial charge on any atom is -0.368 e. The minimum atomic E-state index is 0.207. The summed E-state index contributed by atoms with van der Waals surface area (Å²) in [6, 6.07) is 0. The van der Waals surface area contributed by atoms with Crippen LogP contribution in [0, 0.1) is 0 Å². The Morgan fingerprint density at radius 1 is 1.22 bits per heavy atom. The highest BCUT2D eigenvalue weighted by Crippen LogP contribution is 2.16. The molecule has 0 aliphatic carbocycles. The molecule has 92 valence electrons. The second-order valence-corrected chi connectivity index (χ2v) is 3.79. The van der Waals surface area contributed by atoms with Crippen LogP contribution in [-0.4, -0.2) is 36.4 Å². The summed E-state index contributed by atoms with van der Waals surface area (Å²) in [6.07, 6.45) is 5.84. The van der Waals surface area contributed by atoms with E-state index in [2.05, 4.69) is 35.2 Å². The molecule has 3 rings (SSSR count). The Morgan fingerprint density at radius 3 is 3.00 bits per heavy atom. The first-order valence-corrected chi connectivity index (χ1v) is 5.50. The van der Waals surface area contributed by atoms with Crippen LogP contribution in [0.2, 0.25) is 0 Å². The fraction of sp³-hybridized carbons (Fsp3) is 0.200. The highest BCUT2D eigenvalue weighted by atomic mass is 15.1. The van der Waals surface area contributed by atoms with Gasteiger partial charge in [0.1, 0.15) is 5.52 Å². The number of hydrogen-bond acceptors (Lipinski definition) is 6. The summed E-state index contributed by atoms with van der Waals surface area (Å²) in [5, 5.41) is 3.20. The standard InChI is InChI=1S/C10H12N8/c11-10-17-8(7-9(18-10)16-5-15-7)13-2-1-6-3-12-4-14-6/h3-5H,1-2H2,(H,12,14)(H4,11,13,15,16,17,18). The van der Waals surface area contributed by atoms with Crippen molar-refractivity contribution in [3.05, 3.63) is 24.5 Å². The van der Waals surface area contributed by atoms with E-state index in [4.69, 9.17) is 5.73 Å². The third kappa shape index (κ3) is 1.95. The number of aromatic amines is 2. The van der Waals surface area contributed by atoms with Crippen molar-refractivity contribution in [1.82, 2.24) is 29.9 Å². The molecule has 0 aliphatic heterocycles. The van der Waals surface area contributed by atoms with Crippen molar-refractivity contribution in [3.8, 4) is 0 Å². The van der Waals surface area contributed by atoms with Gasteiger partial charge in [-0.25, -0.2) is 9.97 Å². The molecule has 0 saturated heterocycles. The molecular weight excluding hydrogens is 232 g/mol. The maximum Gasteiger partial charge on any atom is 0.224 e. The van der Waals surface area contributed by atoms with E-state index in [1.807, 2.05) is 0 Å². The number of H-pyrrole nitrogens is 2. The fourth-order valence-corrected chi connectivity index (χ4v) is 1.71. The van der Waals surface area contributed by atoms with Crippen molar-refractivity contribution in [2.45, 2.75) is 6.42 Å². The van der Waals surface area contributed by atoms with Crippen molar-refractivity contribution in [2.24, 2.45) is 0 Å². The SMILES string of the molecule is Nc1nc(NCCc2cnc[nH]2)c2[nH]cnc2n1. The maximum absolute atomic E-state index is 5.62. The first-order valence-electron chi connectivity index (χ1n) is 5.50. The number of aromatic nitrogens is 6. The quantitative estimate of drug-likeness (QED) is 0.524. The number of imidazole rings is 2. The number of nitrogens with zero attached hydrogens (tertiary/aromatic N) is 4. The zero-order chi connectivity index (χ0) is 12.4. The third-order valence-corrected chi connectivity index (χ3v) is 2.54. The predicted molar refractivity (Wildman–Crippen MR) is 66.9 cm³/mol. The smallest absolute Gasteiger partial charge is 0.224 e. The summed E-state index contributed by atoms with van der Waals surface area (Å²) in [5.74, 6) is 0.869. The minimum absolute atomic E-state index is 0.207. The summed E-state index contributed by atoms with van der Waals surface area (Å²) >= 11 is 0. The molecule has 0 aliphatic rings. The van der Waals surface area contributed by atoms with Gasteiger partial charge in [0, 0.05) is 24.9 Å². The Labute approximate surface area is 102 Å². The number of hydrogen-bond donors (Lipinski definition) is 4. The van der Waals surface area contributed by atoms with Gasteiger partial charge in [0.15, 0.2) is 11.5 Å². The average molecular weight is 244 g/mol. The van der Waals surface area contributed by atoms with Gasteiger partial charge in [-0.2, -0.15) is 9.97 Å². The number of nitrogens with one attached hydrogen (secondary N) is 3. The number of rotatable bonds is 4. The lowest BCUT2D eigenvalue weighted by Crippen LogP contribution is -2.09. The van der Waals surface area contributed by atoms with Crippen molar-refractivity contribution in [1.29, 1.82) is 0 Å². The van der Waals surface area contributed by atoms with E-state index in [9.17, 15) is 0 Å². The van der Waals surface area contributed by atoms with Gasteiger partial charge in [-0.15, -0.1) is 0 Å². The van der Waals surface area contributed by atoms with Crippen molar-refractivity contribution in [3.63, 3.8) is 0 Å². The zero-order valence-electron chi connectivity index (χ0n) is 9.51. The van der Waals surface area contributed by atoms with Gasteiger partial charge in [-0.05, 0) is 0 Å². The van der Waals surface area contributed by atoms with E-state index in [0.717, 1.165) is 17.6 Å². The fourth-order valence-electron chi connectivity index (χ4n) is 1.71. The molecular formula is C10H12N8. The van der Waals surface area contributed by atoms with E-state index in [-0.39, 0.29) is 5.95 Å². The maximum atomic E-state index is 5.62. The molecule has 8 heteroatoms. The number of nitrogen functional groups attached to an aromatic ring is 1. The lowest BCUT2D eigenvalue weighted by molar-refractivity contribution is 0.968. The van der Waals surface area contributed by atoms with Crippen LogP contribution in [0.3, 0.4) is 0 Å². The largest absolute Gasteiger partial charge is 0.368 e. The molecule has 0 amide bonds. The molecule has 5 N–H and O–H groups in total. The molecule has 0 spiro atoms. The predicted octanol–water partition coefficient (Wildman–Crippen LogP) is 0.313.